The van der Waals surface area contributed by atoms with E-state index in [2.05, 4.69) is 10.1 Å². The minimum atomic E-state index is -3.40. The van der Waals surface area contributed by atoms with Crippen LogP contribution in [0.3, 0.4) is 0 Å². The van der Waals surface area contributed by atoms with E-state index in [1.165, 1.54) is 0 Å². The lowest BCUT2D eigenvalue weighted by Crippen LogP contribution is -2.36. The molecule has 2 unspecified atom stereocenters. The SMILES string of the molecule is Cc1nc(C23CCCC2CN(S(=O)(=O)Cc2ccc(Cl)cc2)C3)no1. The van der Waals surface area contributed by atoms with Crippen molar-refractivity contribution in [2.45, 2.75) is 37.4 Å². The molecule has 1 aromatic carbocycles. The summed E-state index contributed by atoms with van der Waals surface area (Å²) in [5.41, 5.74) is 0.441. The second-order valence-corrected chi connectivity index (χ2v) is 9.46. The Morgan fingerprint density at radius 3 is 2.80 bits per heavy atom. The maximum absolute atomic E-state index is 12.9. The van der Waals surface area contributed by atoms with Crippen LogP contribution >= 0.6 is 11.6 Å². The number of benzene rings is 1. The zero-order valence-corrected chi connectivity index (χ0v) is 15.6. The zero-order chi connectivity index (χ0) is 17.7. The molecule has 2 aliphatic rings. The van der Waals surface area contributed by atoms with Crippen molar-refractivity contribution in [1.82, 2.24) is 14.4 Å². The standard InChI is InChI=1S/C17H20ClN3O3S/c1-12-19-16(20-24-12)17-8-2-3-14(17)9-21(11-17)25(22,23)10-13-4-6-15(18)7-5-13/h4-7,14H,2-3,8-11H2,1H3. The summed E-state index contributed by atoms with van der Waals surface area (Å²) < 4.78 is 32.6. The number of aromatic nitrogens is 2. The van der Waals surface area contributed by atoms with Gasteiger partial charge in [0, 0.05) is 25.0 Å². The lowest BCUT2D eigenvalue weighted by Gasteiger charge is -2.24. The Bertz CT molecular complexity index is 881. The van der Waals surface area contributed by atoms with E-state index < -0.39 is 10.0 Å². The molecule has 1 saturated carbocycles. The van der Waals surface area contributed by atoms with Crippen molar-refractivity contribution in [3.63, 3.8) is 0 Å². The van der Waals surface area contributed by atoms with E-state index >= 15 is 0 Å². The minimum Gasteiger partial charge on any atom is -0.340 e. The summed E-state index contributed by atoms with van der Waals surface area (Å²) >= 11 is 5.88. The normalized spacial score (nSPS) is 26.9. The Hall–Kier alpha value is -1.44. The molecule has 2 aromatic rings. The van der Waals surface area contributed by atoms with E-state index in [0.29, 0.717) is 29.8 Å². The van der Waals surface area contributed by atoms with Gasteiger partial charge in [0.1, 0.15) is 0 Å². The molecule has 8 heteroatoms. The fourth-order valence-corrected chi connectivity index (χ4v) is 5.96. The van der Waals surface area contributed by atoms with Gasteiger partial charge in [0.15, 0.2) is 5.82 Å². The summed E-state index contributed by atoms with van der Waals surface area (Å²) in [4.78, 5) is 4.42. The third kappa shape index (κ3) is 2.98. The molecule has 1 aliphatic carbocycles. The summed E-state index contributed by atoms with van der Waals surface area (Å²) in [5, 5.41) is 4.72. The van der Waals surface area contributed by atoms with Crippen molar-refractivity contribution in [3.05, 3.63) is 46.6 Å². The average Bonchev–Trinajstić information content (AvgIpc) is 3.22. The van der Waals surface area contributed by atoms with Gasteiger partial charge in [0.2, 0.25) is 15.9 Å². The van der Waals surface area contributed by atoms with Crippen molar-refractivity contribution in [1.29, 1.82) is 0 Å². The van der Waals surface area contributed by atoms with Crippen LogP contribution in [0, 0.1) is 12.8 Å². The van der Waals surface area contributed by atoms with Crippen LogP contribution in [-0.2, 0) is 21.2 Å². The number of hydrogen-bond donors (Lipinski definition) is 0. The smallest absolute Gasteiger partial charge is 0.223 e. The van der Waals surface area contributed by atoms with Crippen LogP contribution in [-0.4, -0.2) is 36.0 Å². The van der Waals surface area contributed by atoms with Gasteiger partial charge < -0.3 is 4.52 Å². The predicted octanol–water partition coefficient (Wildman–Crippen LogP) is 2.91. The van der Waals surface area contributed by atoms with Gasteiger partial charge in [-0.15, -0.1) is 0 Å². The van der Waals surface area contributed by atoms with Gasteiger partial charge in [-0.3, -0.25) is 0 Å². The highest BCUT2D eigenvalue weighted by molar-refractivity contribution is 7.88. The number of aryl methyl sites for hydroxylation is 1. The van der Waals surface area contributed by atoms with E-state index in [9.17, 15) is 8.42 Å². The second kappa shape index (κ2) is 6.07. The predicted molar refractivity (Wildman–Crippen MR) is 93.7 cm³/mol. The fraction of sp³-hybridized carbons (Fsp3) is 0.529. The summed E-state index contributed by atoms with van der Waals surface area (Å²) in [6.45, 7) is 2.73. The van der Waals surface area contributed by atoms with Crippen LogP contribution in [0.15, 0.2) is 28.8 Å². The number of sulfonamides is 1. The molecule has 0 radical (unpaired) electrons. The van der Waals surface area contributed by atoms with E-state index in [1.54, 1.807) is 35.5 Å². The van der Waals surface area contributed by atoms with E-state index in [0.717, 1.165) is 24.8 Å². The third-order valence-corrected chi connectivity index (χ3v) is 7.48. The highest BCUT2D eigenvalue weighted by Gasteiger charge is 2.55. The van der Waals surface area contributed by atoms with Crippen molar-refractivity contribution in [3.8, 4) is 0 Å². The third-order valence-electron chi connectivity index (χ3n) is 5.47. The van der Waals surface area contributed by atoms with Gasteiger partial charge in [0.25, 0.3) is 0 Å². The van der Waals surface area contributed by atoms with E-state index in [-0.39, 0.29) is 17.1 Å². The molecule has 0 N–H and O–H groups in total. The zero-order valence-electron chi connectivity index (χ0n) is 14.0. The number of hydrogen-bond acceptors (Lipinski definition) is 5. The molecule has 0 bridgehead atoms. The maximum Gasteiger partial charge on any atom is 0.223 e. The first kappa shape index (κ1) is 17.0. The molecular weight excluding hydrogens is 362 g/mol. The van der Waals surface area contributed by atoms with Crippen LogP contribution in [0.25, 0.3) is 0 Å². The monoisotopic (exact) mass is 381 g/mol. The summed E-state index contributed by atoms with van der Waals surface area (Å²) in [6.07, 6.45) is 2.98. The van der Waals surface area contributed by atoms with Gasteiger partial charge in [-0.1, -0.05) is 35.3 Å². The van der Waals surface area contributed by atoms with Gasteiger partial charge >= 0.3 is 0 Å². The highest BCUT2D eigenvalue weighted by Crippen LogP contribution is 2.50. The molecule has 1 saturated heterocycles. The van der Waals surface area contributed by atoms with Crippen LogP contribution in [0.1, 0.15) is 36.5 Å². The van der Waals surface area contributed by atoms with Crippen LogP contribution in [0.4, 0.5) is 0 Å². The number of halogens is 1. The first-order valence-electron chi connectivity index (χ1n) is 8.42. The van der Waals surface area contributed by atoms with Gasteiger partial charge in [-0.25, -0.2) is 12.7 Å². The molecule has 4 rings (SSSR count). The molecular formula is C17H20ClN3O3S. The van der Waals surface area contributed by atoms with Gasteiger partial charge in [-0.2, -0.15) is 4.98 Å². The Kier molecular flexibility index (Phi) is 4.13. The minimum absolute atomic E-state index is 0.0156. The Balaban J connectivity index is 1.59. The van der Waals surface area contributed by atoms with Gasteiger partial charge in [0.05, 0.1) is 11.2 Å². The number of nitrogens with zero attached hydrogens (tertiary/aromatic N) is 3. The molecule has 2 fully saturated rings. The molecule has 6 nitrogen and oxygen atoms in total. The molecule has 0 spiro atoms. The molecule has 134 valence electrons. The van der Waals surface area contributed by atoms with Crippen molar-refractivity contribution >= 4 is 21.6 Å². The van der Waals surface area contributed by atoms with Crippen molar-refractivity contribution < 1.29 is 12.9 Å². The molecule has 1 aliphatic heterocycles. The van der Waals surface area contributed by atoms with Crippen molar-refractivity contribution in [2.24, 2.45) is 5.92 Å². The molecule has 0 amide bonds. The summed E-state index contributed by atoms with van der Waals surface area (Å²) in [6, 6.07) is 6.95. The molecule has 25 heavy (non-hydrogen) atoms. The van der Waals surface area contributed by atoms with Crippen molar-refractivity contribution in [2.75, 3.05) is 13.1 Å². The van der Waals surface area contributed by atoms with Crippen LogP contribution in [0.5, 0.6) is 0 Å². The van der Waals surface area contributed by atoms with Crippen LogP contribution in [0.2, 0.25) is 5.02 Å². The molecule has 2 heterocycles. The Morgan fingerprint density at radius 2 is 2.12 bits per heavy atom. The number of rotatable bonds is 4. The second-order valence-electron chi connectivity index (χ2n) is 7.06. The highest BCUT2D eigenvalue weighted by atomic mass is 35.5. The lowest BCUT2D eigenvalue weighted by molar-refractivity contribution is 0.332. The quantitative estimate of drug-likeness (QED) is 0.813. The first-order valence-corrected chi connectivity index (χ1v) is 10.4. The van der Waals surface area contributed by atoms with Crippen LogP contribution < -0.4 is 0 Å². The first-order chi connectivity index (χ1) is 11.9. The van der Waals surface area contributed by atoms with E-state index in [1.807, 2.05) is 0 Å². The Labute approximate surface area is 152 Å². The van der Waals surface area contributed by atoms with E-state index in [4.69, 9.17) is 16.1 Å². The largest absolute Gasteiger partial charge is 0.340 e. The topological polar surface area (TPSA) is 76.3 Å². The molecule has 2 atom stereocenters. The maximum atomic E-state index is 12.9. The van der Waals surface area contributed by atoms with Gasteiger partial charge in [-0.05, 0) is 36.5 Å². The summed E-state index contributed by atoms with van der Waals surface area (Å²) in [5.74, 6) is 1.43. The lowest BCUT2D eigenvalue weighted by atomic mass is 9.80. The Morgan fingerprint density at radius 1 is 1.36 bits per heavy atom. The summed E-state index contributed by atoms with van der Waals surface area (Å²) in [7, 11) is -3.40. The molecule has 1 aromatic heterocycles. The average molecular weight is 382 g/mol. The fourth-order valence-electron chi connectivity index (χ4n) is 4.20. The number of fused-ring (bicyclic) bond motifs is 1.